The van der Waals surface area contributed by atoms with Crippen LogP contribution in [0.1, 0.15) is 321 Å². The quantitative estimate of drug-likeness (QED) is 0.173. The lowest BCUT2D eigenvalue weighted by Gasteiger charge is -2.18. The van der Waals surface area contributed by atoms with Crippen LogP contribution in [0.5, 0.6) is 0 Å². The highest BCUT2D eigenvalue weighted by Gasteiger charge is 2.60. The summed E-state index contributed by atoms with van der Waals surface area (Å²) in [4.78, 5) is 2.40. The standard InChI is InChI=1S/C8H14.C8H16.C7H12.C7H14.C7H12.C6H13N.C6H12.2C6H10.C5H8.C5H10.C4H8/c1-6-4-7-2-3-8(6)5-7;1-8-6-4-2-3-5-7-8;1-5-2-6-4-7(6)3-5;2*1-7-5-3-2-4-6-7;1-6-4-3-5-7(6)2;3*1-6-4-2-3-5-6;1-3-4-2-5(3)4;1-5-3-2-4-5;1-4-2-3-4/h6-8H,2-5H2,1H3;8H,2-7H2,1H3;5-7H,2-4H2,1H3;7H,2-6H2,1H3;2-3,7H,4-6H2,1H3;6H,3-5H2,1-2H3;6H,2-5H2,1H3;2,4,6H,3,5H2,1H3;2-3,6H,4-5H2,1H3;3-5H,2H2,1H3;5H,2-4H2,1H3;4H,2-3H2,1H3. The van der Waals surface area contributed by atoms with Gasteiger partial charge < -0.3 is 4.90 Å². The van der Waals surface area contributed by atoms with Crippen LogP contribution in [0, 0.1) is 101 Å². The molecule has 11 saturated carbocycles. The molecule has 1 heterocycles. The maximum atomic E-state index is 2.42. The molecule has 12 fully saturated rings. The minimum absolute atomic E-state index is 0.847. The molecular weight excluding hydrogens is 915 g/mol. The van der Waals surface area contributed by atoms with E-state index in [2.05, 4.69) is 131 Å². The van der Waals surface area contributed by atoms with Gasteiger partial charge in [0.05, 0.1) is 0 Å². The van der Waals surface area contributed by atoms with E-state index in [1.165, 1.54) is 216 Å². The predicted molar refractivity (Wildman–Crippen MR) is 342 cm³/mol. The van der Waals surface area contributed by atoms with Crippen molar-refractivity contribution < 1.29 is 0 Å². The molecule has 15 aliphatic rings. The molecule has 10 atom stereocenters. The van der Waals surface area contributed by atoms with Crippen molar-refractivity contribution in [3.8, 4) is 0 Å². The molecule has 0 aromatic rings. The van der Waals surface area contributed by atoms with Gasteiger partial charge in [-0.15, -0.1) is 0 Å². The van der Waals surface area contributed by atoms with Gasteiger partial charge >= 0.3 is 0 Å². The Bertz CT molecular complexity index is 1420. The lowest BCUT2D eigenvalue weighted by Crippen LogP contribution is -2.20. The van der Waals surface area contributed by atoms with E-state index < -0.39 is 0 Å². The first-order valence-corrected chi connectivity index (χ1v) is 35.2. The summed E-state index contributed by atoms with van der Waals surface area (Å²) >= 11 is 0. The number of hydrogen-bond donors (Lipinski definition) is 0. The number of fused-ring (bicyclic) bond motifs is 4. The topological polar surface area (TPSA) is 3.24 Å². The summed E-state index contributed by atoms with van der Waals surface area (Å²) in [6.45, 7) is 29.2. The van der Waals surface area contributed by atoms with E-state index in [-0.39, 0.29) is 0 Å². The van der Waals surface area contributed by atoms with Gasteiger partial charge in [-0.1, -0.05) is 247 Å². The summed E-state index contributed by atoms with van der Waals surface area (Å²) in [5.41, 5.74) is 0. The van der Waals surface area contributed by atoms with Crippen LogP contribution in [-0.2, 0) is 0 Å². The summed E-state index contributed by atoms with van der Waals surface area (Å²) in [7, 11) is 2.19. The molecule has 0 amide bonds. The summed E-state index contributed by atoms with van der Waals surface area (Å²) in [6.07, 6.45) is 67.9. The molecule has 14 aliphatic carbocycles. The third-order valence-corrected chi connectivity index (χ3v) is 21.5. The molecular formula is C75H139N. The van der Waals surface area contributed by atoms with E-state index in [4.69, 9.17) is 0 Å². The van der Waals surface area contributed by atoms with Crippen LogP contribution in [0.15, 0.2) is 36.5 Å². The Morgan fingerprint density at radius 3 is 0.961 bits per heavy atom. The molecule has 2 bridgehead atoms. The van der Waals surface area contributed by atoms with Gasteiger partial charge in [-0.2, -0.15) is 0 Å². The molecule has 0 aromatic carbocycles. The van der Waals surface area contributed by atoms with Crippen LogP contribution >= 0.6 is 0 Å². The van der Waals surface area contributed by atoms with E-state index >= 15 is 0 Å². The fraction of sp³-hybridized carbons (Fsp3) is 0.920. The minimum Gasteiger partial charge on any atom is -0.304 e. The molecule has 0 aromatic heterocycles. The van der Waals surface area contributed by atoms with Crippen LogP contribution in [-0.4, -0.2) is 24.5 Å². The van der Waals surface area contributed by atoms with Crippen molar-refractivity contribution in [2.75, 3.05) is 13.6 Å². The van der Waals surface area contributed by atoms with Crippen LogP contribution in [0.3, 0.4) is 0 Å². The summed E-state index contributed by atoms with van der Waals surface area (Å²) < 4.78 is 0. The fourth-order valence-electron chi connectivity index (χ4n) is 13.9. The maximum Gasteiger partial charge on any atom is 0.00643 e. The summed E-state index contributed by atoms with van der Waals surface area (Å²) in [5.74, 6) is 18.4. The first-order valence-electron chi connectivity index (χ1n) is 35.2. The summed E-state index contributed by atoms with van der Waals surface area (Å²) in [5, 5.41) is 0. The minimum atomic E-state index is 0.847. The first kappa shape index (κ1) is 67.7. The predicted octanol–water partition coefficient (Wildman–Crippen LogP) is 24.2. The Balaban J connectivity index is 0.000000180. The molecule has 1 nitrogen and oxygen atoms in total. The lowest BCUT2D eigenvalue weighted by atomic mass is 9.88. The van der Waals surface area contributed by atoms with Crippen molar-refractivity contribution in [1.29, 1.82) is 0 Å². The van der Waals surface area contributed by atoms with Crippen LogP contribution in [0.25, 0.3) is 0 Å². The van der Waals surface area contributed by atoms with E-state index in [1.54, 1.807) is 51.4 Å². The number of likely N-dealkylation sites (tertiary alicyclic amines) is 1. The average molecular weight is 1050 g/mol. The molecule has 444 valence electrons. The zero-order chi connectivity index (χ0) is 55.1. The Labute approximate surface area is 479 Å². The molecule has 15 rings (SSSR count). The largest absolute Gasteiger partial charge is 0.304 e. The molecule has 1 saturated heterocycles. The van der Waals surface area contributed by atoms with Crippen LogP contribution in [0.2, 0.25) is 0 Å². The molecule has 76 heavy (non-hydrogen) atoms. The number of nitrogens with zero attached hydrogens (tertiary/aromatic N) is 1. The average Bonchev–Trinajstić information content (AvgIpc) is 4.30. The lowest BCUT2D eigenvalue weighted by molar-refractivity contribution is 0.331. The van der Waals surface area contributed by atoms with Crippen molar-refractivity contribution in [2.45, 2.75) is 327 Å². The molecule has 0 N–H and O–H groups in total. The molecule has 1 heteroatoms. The van der Waals surface area contributed by atoms with Gasteiger partial charge in [-0.05, 0) is 224 Å². The smallest absolute Gasteiger partial charge is 0.00643 e. The van der Waals surface area contributed by atoms with Gasteiger partial charge in [0.2, 0.25) is 0 Å². The zero-order valence-electron chi connectivity index (χ0n) is 54.2. The van der Waals surface area contributed by atoms with Crippen molar-refractivity contribution in [2.24, 2.45) is 101 Å². The third-order valence-electron chi connectivity index (χ3n) is 21.5. The third kappa shape index (κ3) is 33.2. The normalized spacial score (nSPS) is 35.8. The maximum absolute atomic E-state index is 2.42. The molecule has 0 radical (unpaired) electrons. The Morgan fingerprint density at radius 1 is 0.316 bits per heavy atom. The Kier molecular flexibility index (Phi) is 35.3. The Hall–Kier alpha value is -0.820. The van der Waals surface area contributed by atoms with Gasteiger partial charge in [0, 0.05) is 6.04 Å². The molecule has 1 aliphatic heterocycles. The number of allylic oxidation sites excluding steroid dienone is 6. The Morgan fingerprint density at radius 2 is 0.776 bits per heavy atom. The second-order valence-electron chi connectivity index (χ2n) is 30.2. The van der Waals surface area contributed by atoms with Gasteiger partial charge in [0.1, 0.15) is 0 Å². The fourth-order valence-corrected chi connectivity index (χ4v) is 13.9. The SMILES string of the molecule is CC1C2CC12.CC1C=CCC1.CC1CC1.CC1CC2CC2C1.CC1CC2CCC1C2.CC1CC=CC1.CC1CC=CCC1.CC1CCC1.CC1CCCC1.CC1CCCCC1.CC1CCCCCC1.CC1CCCN1C. The highest BCUT2D eigenvalue weighted by atomic mass is 15.1. The van der Waals surface area contributed by atoms with Crippen molar-refractivity contribution in [3.05, 3.63) is 36.5 Å². The van der Waals surface area contributed by atoms with Crippen LogP contribution < -0.4 is 0 Å². The molecule has 0 spiro atoms. The van der Waals surface area contributed by atoms with E-state index in [9.17, 15) is 0 Å². The van der Waals surface area contributed by atoms with Gasteiger partial charge in [0.15, 0.2) is 0 Å². The van der Waals surface area contributed by atoms with Gasteiger partial charge in [-0.25, -0.2) is 0 Å². The highest BCUT2D eigenvalue weighted by molar-refractivity contribution is 5.09. The van der Waals surface area contributed by atoms with Crippen LogP contribution in [0.4, 0.5) is 0 Å². The van der Waals surface area contributed by atoms with Gasteiger partial charge in [-0.3, -0.25) is 0 Å². The second-order valence-corrected chi connectivity index (χ2v) is 30.2. The number of hydrogen-bond acceptors (Lipinski definition) is 1. The van der Waals surface area contributed by atoms with E-state index in [0.717, 1.165) is 83.0 Å². The second kappa shape index (κ2) is 39.6. The highest BCUT2D eigenvalue weighted by Crippen LogP contribution is 2.67. The van der Waals surface area contributed by atoms with Crippen molar-refractivity contribution in [1.82, 2.24) is 4.90 Å². The molecule has 10 unspecified atom stereocenters. The zero-order valence-corrected chi connectivity index (χ0v) is 54.2. The van der Waals surface area contributed by atoms with E-state index in [1.807, 2.05) is 0 Å². The monoisotopic (exact) mass is 1050 g/mol. The summed E-state index contributed by atoms with van der Waals surface area (Å²) in [6, 6.07) is 0.847. The number of rotatable bonds is 0. The first-order chi connectivity index (χ1) is 36.6. The van der Waals surface area contributed by atoms with Crippen molar-refractivity contribution >= 4 is 0 Å². The van der Waals surface area contributed by atoms with E-state index in [0.29, 0.717) is 0 Å². The van der Waals surface area contributed by atoms with Gasteiger partial charge in [0.25, 0.3) is 0 Å². The van der Waals surface area contributed by atoms with Crippen molar-refractivity contribution in [3.63, 3.8) is 0 Å².